The van der Waals surface area contributed by atoms with Gasteiger partial charge in [-0.1, -0.05) is 18.2 Å². The lowest BCUT2D eigenvalue weighted by Crippen LogP contribution is -2.25. The van der Waals surface area contributed by atoms with Crippen LogP contribution in [0.15, 0.2) is 48.5 Å². The zero-order chi connectivity index (χ0) is 20.1. The second-order valence-electron chi connectivity index (χ2n) is 7.38. The van der Waals surface area contributed by atoms with Crippen molar-refractivity contribution in [1.82, 2.24) is 14.9 Å². The van der Waals surface area contributed by atoms with Gasteiger partial charge in [0.25, 0.3) is 5.91 Å². The molecule has 2 heterocycles. The molecule has 0 aliphatic carbocycles. The molecule has 1 fully saturated rings. The van der Waals surface area contributed by atoms with Crippen LogP contribution in [0.2, 0.25) is 0 Å². The molecule has 1 unspecified atom stereocenters. The molecule has 152 valence electrons. The molecule has 1 aliphatic rings. The summed E-state index contributed by atoms with van der Waals surface area (Å²) in [5.74, 6) is 1.61. The van der Waals surface area contributed by atoms with Crippen molar-refractivity contribution in [3.63, 3.8) is 0 Å². The fraction of sp³-hybridized carbons (Fsp3) is 0.391. The molecule has 4 rings (SSSR count). The molecule has 6 nitrogen and oxygen atoms in total. The van der Waals surface area contributed by atoms with Gasteiger partial charge in [0.1, 0.15) is 18.2 Å². The summed E-state index contributed by atoms with van der Waals surface area (Å²) in [5, 5.41) is 3.00. The number of benzene rings is 2. The summed E-state index contributed by atoms with van der Waals surface area (Å²) in [6, 6.07) is 15.4. The van der Waals surface area contributed by atoms with Crippen LogP contribution >= 0.6 is 0 Å². The van der Waals surface area contributed by atoms with Crippen molar-refractivity contribution in [3.05, 3.63) is 59.9 Å². The second kappa shape index (κ2) is 9.09. The van der Waals surface area contributed by atoms with Gasteiger partial charge in [0, 0.05) is 25.3 Å². The number of imidazole rings is 1. The number of amides is 1. The Labute approximate surface area is 170 Å². The van der Waals surface area contributed by atoms with Crippen LogP contribution in [0.1, 0.15) is 35.4 Å². The molecule has 6 heteroatoms. The summed E-state index contributed by atoms with van der Waals surface area (Å²) in [5.41, 5.74) is 2.75. The van der Waals surface area contributed by atoms with Gasteiger partial charge in [0.15, 0.2) is 0 Å². The molecule has 3 aromatic rings. The van der Waals surface area contributed by atoms with Crippen molar-refractivity contribution in [2.75, 3.05) is 19.8 Å². The summed E-state index contributed by atoms with van der Waals surface area (Å²) in [6.45, 7) is 4.78. The number of carbonyl (C=O) groups is 1. The second-order valence-corrected chi connectivity index (χ2v) is 7.38. The molecule has 0 spiro atoms. The van der Waals surface area contributed by atoms with E-state index in [4.69, 9.17) is 9.47 Å². The Bertz CT molecular complexity index is 976. The number of ether oxygens (including phenoxy) is 2. The van der Waals surface area contributed by atoms with E-state index in [0.29, 0.717) is 24.5 Å². The van der Waals surface area contributed by atoms with Crippen molar-refractivity contribution in [2.24, 2.45) is 0 Å². The molecule has 0 saturated carbocycles. The summed E-state index contributed by atoms with van der Waals surface area (Å²) in [4.78, 5) is 17.1. The standard InChI is InChI=1S/C23H27N3O3/c1-17-25-21-10-2-3-11-22(21)26(17)13-6-12-24-23(27)18-7-4-8-19(15-18)29-16-20-9-5-14-28-20/h2-4,7-8,10-11,15,20H,5-6,9,12-14,16H2,1H3,(H,24,27). The highest BCUT2D eigenvalue weighted by molar-refractivity contribution is 5.94. The van der Waals surface area contributed by atoms with E-state index in [1.54, 1.807) is 6.07 Å². The van der Waals surface area contributed by atoms with E-state index in [1.165, 1.54) is 0 Å². The molecule has 1 saturated heterocycles. The summed E-state index contributed by atoms with van der Waals surface area (Å²) in [7, 11) is 0. The quantitative estimate of drug-likeness (QED) is 0.593. The normalized spacial score (nSPS) is 16.2. The Morgan fingerprint density at radius 3 is 3.03 bits per heavy atom. The molecule has 1 amide bonds. The van der Waals surface area contributed by atoms with Crippen LogP contribution in [-0.2, 0) is 11.3 Å². The number of hydrogen-bond acceptors (Lipinski definition) is 4. The Morgan fingerprint density at radius 1 is 1.28 bits per heavy atom. The van der Waals surface area contributed by atoms with Gasteiger partial charge < -0.3 is 19.4 Å². The lowest BCUT2D eigenvalue weighted by Gasteiger charge is -2.12. The number of fused-ring (bicyclic) bond motifs is 1. The predicted octanol–water partition coefficient (Wildman–Crippen LogP) is 3.72. The summed E-state index contributed by atoms with van der Waals surface area (Å²) in [6.07, 6.45) is 3.12. The third-order valence-electron chi connectivity index (χ3n) is 5.25. The van der Waals surface area contributed by atoms with Crippen LogP contribution < -0.4 is 10.1 Å². The number of hydrogen-bond donors (Lipinski definition) is 1. The average Bonchev–Trinajstić information content (AvgIpc) is 3.37. The maximum Gasteiger partial charge on any atom is 0.251 e. The summed E-state index contributed by atoms with van der Waals surface area (Å²) < 4.78 is 13.6. The third kappa shape index (κ3) is 4.77. The summed E-state index contributed by atoms with van der Waals surface area (Å²) >= 11 is 0. The molecule has 1 atom stereocenters. The van der Waals surface area contributed by atoms with E-state index < -0.39 is 0 Å². The number of aryl methyl sites for hydroxylation is 2. The van der Waals surface area contributed by atoms with Crippen LogP contribution in [0.5, 0.6) is 5.75 Å². The molecule has 1 N–H and O–H groups in total. The number of aromatic nitrogens is 2. The topological polar surface area (TPSA) is 65.4 Å². The monoisotopic (exact) mass is 393 g/mol. The van der Waals surface area contributed by atoms with E-state index >= 15 is 0 Å². The zero-order valence-electron chi connectivity index (χ0n) is 16.8. The van der Waals surface area contributed by atoms with Crippen molar-refractivity contribution in [3.8, 4) is 5.75 Å². The van der Waals surface area contributed by atoms with Crippen LogP contribution in [0.4, 0.5) is 0 Å². The minimum absolute atomic E-state index is 0.0835. The average molecular weight is 393 g/mol. The maximum atomic E-state index is 12.5. The number of nitrogens with zero attached hydrogens (tertiary/aromatic N) is 2. The molecule has 1 aliphatic heterocycles. The largest absolute Gasteiger partial charge is 0.491 e. The van der Waals surface area contributed by atoms with Crippen molar-refractivity contribution in [1.29, 1.82) is 0 Å². The molecule has 2 aromatic carbocycles. The van der Waals surface area contributed by atoms with Gasteiger partial charge in [-0.3, -0.25) is 4.79 Å². The lowest BCUT2D eigenvalue weighted by atomic mass is 10.2. The Balaban J connectivity index is 1.27. The highest BCUT2D eigenvalue weighted by Crippen LogP contribution is 2.18. The van der Waals surface area contributed by atoms with Gasteiger partial charge in [-0.2, -0.15) is 0 Å². The molecule has 1 aromatic heterocycles. The predicted molar refractivity (Wildman–Crippen MR) is 112 cm³/mol. The van der Waals surface area contributed by atoms with Crippen LogP contribution in [0, 0.1) is 6.92 Å². The van der Waals surface area contributed by atoms with Gasteiger partial charge in [-0.25, -0.2) is 4.98 Å². The minimum Gasteiger partial charge on any atom is -0.491 e. The highest BCUT2D eigenvalue weighted by Gasteiger charge is 2.16. The van der Waals surface area contributed by atoms with Gasteiger partial charge in [0.2, 0.25) is 0 Å². The Kier molecular flexibility index (Phi) is 6.10. The SMILES string of the molecule is Cc1nc2ccccc2n1CCCNC(=O)c1cccc(OCC2CCCO2)c1. The fourth-order valence-corrected chi connectivity index (χ4v) is 3.71. The molecular formula is C23H27N3O3. The van der Waals surface area contributed by atoms with Gasteiger partial charge in [-0.05, 0) is 56.5 Å². The molecule has 29 heavy (non-hydrogen) atoms. The van der Waals surface area contributed by atoms with Crippen molar-refractivity contribution in [2.45, 2.75) is 38.8 Å². The van der Waals surface area contributed by atoms with Crippen LogP contribution in [0.25, 0.3) is 11.0 Å². The van der Waals surface area contributed by atoms with E-state index in [9.17, 15) is 4.79 Å². The number of rotatable bonds is 8. The van der Waals surface area contributed by atoms with E-state index in [0.717, 1.165) is 49.3 Å². The number of para-hydroxylation sites is 2. The fourth-order valence-electron chi connectivity index (χ4n) is 3.71. The number of carbonyl (C=O) groups excluding carboxylic acids is 1. The number of nitrogens with one attached hydrogen (secondary N) is 1. The highest BCUT2D eigenvalue weighted by atomic mass is 16.5. The molecule has 0 radical (unpaired) electrons. The first-order valence-electron chi connectivity index (χ1n) is 10.3. The van der Waals surface area contributed by atoms with Gasteiger partial charge >= 0.3 is 0 Å². The lowest BCUT2D eigenvalue weighted by molar-refractivity contribution is 0.0679. The minimum atomic E-state index is -0.0835. The third-order valence-corrected chi connectivity index (χ3v) is 5.25. The Morgan fingerprint density at radius 2 is 2.17 bits per heavy atom. The molecule has 0 bridgehead atoms. The zero-order valence-corrected chi connectivity index (χ0v) is 16.8. The van der Waals surface area contributed by atoms with Crippen molar-refractivity contribution >= 4 is 16.9 Å². The first-order valence-corrected chi connectivity index (χ1v) is 10.3. The smallest absolute Gasteiger partial charge is 0.251 e. The van der Waals surface area contributed by atoms with E-state index in [-0.39, 0.29) is 12.0 Å². The maximum absolute atomic E-state index is 12.5. The first-order chi connectivity index (χ1) is 14.2. The van der Waals surface area contributed by atoms with E-state index in [1.807, 2.05) is 43.3 Å². The van der Waals surface area contributed by atoms with Crippen LogP contribution in [-0.4, -0.2) is 41.3 Å². The van der Waals surface area contributed by atoms with Gasteiger partial charge in [-0.15, -0.1) is 0 Å². The molecular weight excluding hydrogens is 366 g/mol. The Hall–Kier alpha value is -2.86. The van der Waals surface area contributed by atoms with Crippen molar-refractivity contribution < 1.29 is 14.3 Å². The van der Waals surface area contributed by atoms with E-state index in [2.05, 4.69) is 20.9 Å². The first kappa shape index (κ1) is 19.5. The van der Waals surface area contributed by atoms with Gasteiger partial charge in [0.05, 0.1) is 17.1 Å². The van der Waals surface area contributed by atoms with Crippen LogP contribution in [0.3, 0.4) is 0 Å².